The molecule has 2 amide bonds. The summed E-state index contributed by atoms with van der Waals surface area (Å²) in [6.07, 6.45) is 0.334. The van der Waals surface area contributed by atoms with Crippen molar-refractivity contribution in [1.82, 2.24) is 15.5 Å². The van der Waals surface area contributed by atoms with Crippen molar-refractivity contribution in [3.8, 4) is 0 Å². The summed E-state index contributed by atoms with van der Waals surface area (Å²) >= 11 is 0. The molecule has 3 rings (SSSR count). The van der Waals surface area contributed by atoms with Gasteiger partial charge in [-0.25, -0.2) is 0 Å². The lowest BCUT2D eigenvalue weighted by Gasteiger charge is -2.27. The Labute approximate surface area is 131 Å². The summed E-state index contributed by atoms with van der Waals surface area (Å²) in [4.78, 5) is 26.1. The lowest BCUT2D eigenvalue weighted by Crippen LogP contribution is -2.49. The molecular formula is C17H23N3O2. The van der Waals surface area contributed by atoms with Crippen molar-refractivity contribution in [2.24, 2.45) is 11.8 Å². The van der Waals surface area contributed by atoms with E-state index in [1.807, 2.05) is 31.2 Å². The average Bonchev–Trinajstić information content (AvgIpc) is 2.81. The monoisotopic (exact) mass is 301 g/mol. The predicted molar refractivity (Wildman–Crippen MR) is 84.1 cm³/mol. The van der Waals surface area contributed by atoms with E-state index in [0.717, 1.165) is 18.7 Å². The number of aryl methyl sites for hydroxylation is 1. The maximum absolute atomic E-state index is 12.2. The van der Waals surface area contributed by atoms with Crippen LogP contribution in [0.2, 0.25) is 0 Å². The molecule has 2 aliphatic rings. The molecule has 2 heterocycles. The van der Waals surface area contributed by atoms with Crippen LogP contribution in [0.3, 0.4) is 0 Å². The zero-order chi connectivity index (χ0) is 15.5. The van der Waals surface area contributed by atoms with Gasteiger partial charge in [-0.3, -0.25) is 9.59 Å². The van der Waals surface area contributed by atoms with Crippen molar-refractivity contribution in [3.63, 3.8) is 0 Å². The van der Waals surface area contributed by atoms with Crippen LogP contribution in [-0.2, 0) is 16.1 Å². The van der Waals surface area contributed by atoms with E-state index in [9.17, 15) is 9.59 Å². The minimum Gasteiger partial charge on any atom is -0.355 e. The Morgan fingerprint density at radius 1 is 1.32 bits per heavy atom. The van der Waals surface area contributed by atoms with Crippen LogP contribution in [0.15, 0.2) is 24.3 Å². The highest BCUT2D eigenvalue weighted by Crippen LogP contribution is 2.20. The molecule has 2 saturated heterocycles. The van der Waals surface area contributed by atoms with Gasteiger partial charge in [-0.15, -0.1) is 0 Å². The molecule has 5 heteroatoms. The number of carbonyl (C=O) groups is 2. The lowest BCUT2D eigenvalue weighted by atomic mass is 10.0. The number of amides is 2. The average molecular weight is 301 g/mol. The quantitative estimate of drug-likeness (QED) is 0.841. The van der Waals surface area contributed by atoms with E-state index >= 15 is 0 Å². The van der Waals surface area contributed by atoms with Crippen molar-refractivity contribution in [2.75, 3.05) is 26.2 Å². The van der Waals surface area contributed by atoms with Gasteiger partial charge in [0.25, 0.3) is 0 Å². The molecule has 1 atom stereocenters. The number of likely N-dealkylation sites (tertiary alicyclic amines) is 1. The summed E-state index contributed by atoms with van der Waals surface area (Å²) in [5, 5.41) is 6.17. The first-order valence-corrected chi connectivity index (χ1v) is 7.93. The Kier molecular flexibility index (Phi) is 4.43. The second-order valence-electron chi connectivity index (χ2n) is 6.43. The fourth-order valence-electron chi connectivity index (χ4n) is 2.90. The van der Waals surface area contributed by atoms with Gasteiger partial charge in [0.05, 0.1) is 5.92 Å². The van der Waals surface area contributed by atoms with Crippen LogP contribution in [0.25, 0.3) is 0 Å². The second-order valence-corrected chi connectivity index (χ2v) is 6.43. The van der Waals surface area contributed by atoms with Gasteiger partial charge in [-0.05, 0) is 12.5 Å². The molecular weight excluding hydrogens is 278 g/mol. The van der Waals surface area contributed by atoms with E-state index < -0.39 is 0 Å². The molecule has 0 radical (unpaired) electrons. The van der Waals surface area contributed by atoms with Gasteiger partial charge in [0, 0.05) is 45.1 Å². The maximum Gasteiger partial charge on any atom is 0.225 e. The molecule has 0 spiro atoms. The van der Waals surface area contributed by atoms with E-state index in [1.165, 1.54) is 5.56 Å². The molecule has 1 aromatic rings. The van der Waals surface area contributed by atoms with Crippen LogP contribution in [0.1, 0.15) is 17.5 Å². The van der Waals surface area contributed by atoms with Gasteiger partial charge < -0.3 is 15.5 Å². The first kappa shape index (κ1) is 15.0. The number of hydrogen-bond donors (Lipinski definition) is 2. The number of rotatable bonds is 5. The first-order chi connectivity index (χ1) is 10.6. The SMILES string of the molecule is Cc1ccc(CN2CC(C(=O)NCC3CNC3)CC2=O)cc1. The molecule has 0 saturated carbocycles. The van der Waals surface area contributed by atoms with Crippen LogP contribution < -0.4 is 10.6 Å². The van der Waals surface area contributed by atoms with Crippen LogP contribution >= 0.6 is 0 Å². The molecule has 0 aliphatic carbocycles. The number of nitrogens with zero attached hydrogens (tertiary/aromatic N) is 1. The third kappa shape index (κ3) is 3.47. The minimum atomic E-state index is -0.203. The van der Waals surface area contributed by atoms with Gasteiger partial charge in [0.15, 0.2) is 0 Å². The minimum absolute atomic E-state index is 0.0201. The van der Waals surface area contributed by atoms with Gasteiger partial charge in [0.1, 0.15) is 0 Å². The van der Waals surface area contributed by atoms with Gasteiger partial charge in [-0.2, -0.15) is 0 Å². The topological polar surface area (TPSA) is 61.4 Å². The Balaban J connectivity index is 1.51. The van der Waals surface area contributed by atoms with E-state index in [2.05, 4.69) is 10.6 Å². The molecule has 2 aliphatic heterocycles. The molecule has 2 fully saturated rings. The van der Waals surface area contributed by atoms with Crippen molar-refractivity contribution in [3.05, 3.63) is 35.4 Å². The first-order valence-electron chi connectivity index (χ1n) is 7.93. The highest BCUT2D eigenvalue weighted by molar-refractivity contribution is 5.89. The van der Waals surface area contributed by atoms with Crippen LogP contribution in [0.4, 0.5) is 0 Å². The molecule has 22 heavy (non-hydrogen) atoms. The third-order valence-electron chi connectivity index (χ3n) is 4.51. The van der Waals surface area contributed by atoms with E-state index in [1.54, 1.807) is 4.90 Å². The number of hydrogen-bond acceptors (Lipinski definition) is 3. The van der Waals surface area contributed by atoms with Crippen LogP contribution in [-0.4, -0.2) is 42.9 Å². The van der Waals surface area contributed by atoms with Crippen LogP contribution in [0, 0.1) is 18.8 Å². The van der Waals surface area contributed by atoms with E-state index in [0.29, 0.717) is 32.0 Å². The largest absolute Gasteiger partial charge is 0.355 e. The molecule has 118 valence electrons. The summed E-state index contributed by atoms with van der Waals surface area (Å²) in [7, 11) is 0. The van der Waals surface area contributed by atoms with Gasteiger partial charge in [0.2, 0.25) is 11.8 Å². The normalized spacial score (nSPS) is 21.8. The second kappa shape index (κ2) is 6.48. The van der Waals surface area contributed by atoms with E-state index in [4.69, 9.17) is 0 Å². The molecule has 5 nitrogen and oxygen atoms in total. The summed E-state index contributed by atoms with van der Waals surface area (Å²) in [6.45, 7) is 5.83. The highest BCUT2D eigenvalue weighted by atomic mass is 16.2. The standard InChI is InChI=1S/C17H23N3O2/c1-12-2-4-13(5-3-12)10-20-11-15(6-16(20)21)17(22)19-9-14-7-18-8-14/h2-5,14-15,18H,6-11H2,1H3,(H,19,22). The van der Waals surface area contributed by atoms with Crippen LogP contribution in [0.5, 0.6) is 0 Å². The van der Waals surface area contributed by atoms with E-state index in [-0.39, 0.29) is 17.7 Å². The third-order valence-corrected chi connectivity index (χ3v) is 4.51. The zero-order valence-corrected chi connectivity index (χ0v) is 13.0. The Hall–Kier alpha value is -1.88. The summed E-state index contributed by atoms with van der Waals surface area (Å²) in [5.41, 5.74) is 2.32. The lowest BCUT2D eigenvalue weighted by molar-refractivity contribution is -0.129. The molecule has 0 aromatic heterocycles. The number of nitrogens with one attached hydrogen (secondary N) is 2. The fraction of sp³-hybridized carbons (Fsp3) is 0.529. The van der Waals surface area contributed by atoms with Crippen molar-refractivity contribution >= 4 is 11.8 Å². The van der Waals surface area contributed by atoms with Crippen molar-refractivity contribution in [1.29, 1.82) is 0 Å². The Morgan fingerprint density at radius 3 is 2.68 bits per heavy atom. The summed E-state index contributed by atoms with van der Waals surface area (Å²) < 4.78 is 0. The number of carbonyl (C=O) groups excluding carboxylic acids is 2. The summed E-state index contributed by atoms with van der Waals surface area (Å²) in [5.74, 6) is 0.438. The van der Waals surface area contributed by atoms with Gasteiger partial charge >= 0.3 is 0 Å². The smallest absolute Gasteiger partial charge is 0.225 e. The molecule has 0 bridgehead atoms. The highest BCUT2D eigenvalue weighted by Gasteiger charge is 2.34. The molecule has 1 aromatic carbocycles. The fourth-order valence-corrected chi connectivity index (χ4v) is 2.90. The molecule has 1 unspecified atom stereocenters. The van der Waals surface area contributed by atoms with Gasteiger partial charge in [-0.1, -0.05) is 29.8 Å². The zero-order valence-electron chi connectivity index (χ0n) is 13.0. The summed E-state index contributed by atoms with van der Waals surface area (Å²) in [6, 6.07) is 8.18. The maximum atomic E-state index is 12.2. The number of benzene rings is 1. The van der Waals surface area contributed by atoms with Crippen molar-refractivity contribution in [2.45, 2.75) is 19.9 Å². The molecule has 2 N–H and O–H groups in total. The Bertz CT molecular complexity index is 552. The Morgan fingerprint density at radius 2 is 2.05 bits per heavy atom. The predicted octanol–water partition coefficient (Wildman–Crippen LogP) is 0.679. The van der Waals surface area contributed by atoms with Crippen molar-refractivity contribution < 1.29 is 9.59 Å².